The summed E-state index contributed by atoms with van der Waals surface area (Å²) in [5.41, 5.74) is 7.86. The lowest BCUT2D eigenvalue weighted by Crippen LogP contribution is -2.10. The Morgan fingerprint density at radius 1 is 1.29 bits per heavy atom. The molecule has 0 heterocycles. The first kappa shape index (κ1) is 9.50. The van der Waals surface area contributed by atoms with Crippen LogP contribution in [0.1, 0.15) is 30.7 Å². The van der Waals surface area contributed by atoms with Crippen molar-refractivity contribution in [3.8, 4) is 0 Å². The van der Waals surface area contributed by atoms with Crippen molar-refractivity contribution in [1.29, 1.82) is 0 Å². The van der Waals surface area contributed by atoms with Crippen LogP contribution in [0.15, 0.2) is 24.3 Å². The van der Waals surface area contributed by atoms with Crippen molar-refractivity contribution in [2.45, 2.75) is 25.2 Å². The minimum Gasteiger partial charge on any atom is -0.398 e. The summed E-state index contributed by atoms with van der Waals surface area (Å²) in [4.78, 5) is 0. The van der Waals surface area contributed by atoms with Gasteiger partial charge in [-0.1, -0.05) is 24.6 Å². The van der Waals surface area contributed by atoms with Crippen LogP contribution in [0.5, 0.6) is 0 Å². The highest BCUT2D eigenvalue weighted by Crippen LogP contribution is 2.41. The van der Waals surface area contributed by atoms with E-state index in [2.05, 4.69) is 0 Å². The monoisotopic (exact) mass is 193 g/mol. The number of halogens is 1. The van der Waals surface area contributed by atoms with Gasteiger partial charge in [0.15, 0.2) is 0 Å². The Bertz CT molecular complexity index is 311. The molecular formula is C12H16FN. The summed E-state index contributed by atoms with van der Waals surface area (Å²) in [6, 6.07) is 7.86. The lowest BCUT2D eigenvalue weighted by Gasteiger charge is -2.18. The topological polar surface area (TPSA) is 26.0 Å². The first-order valence-corrected chi connectivity index (χ1v) is 5.23. The van der Waals surface area contributed by atoms with Crippen molar-refractivity contribution in [2.24, 2.45) is 5.92 Å². The van der Waals surface area contributed by atoms with Crippen molar-refractivity contribution in [1.82, 2.24) is 0 Å². The van der Waals surface area contributed by atoms with Crippen LogP contribution in [-0.4, -0.2) is 6.67 Å². The normalized spacial score (nSPS) is 26.6. The third kappa shape index (κ3) is 1.61. The number of alkyl halides is 1. The van der Waals surface area contributed by atoms with Crippen LogP contribution in [0.2, 0.25) is 0 Å². The summed E-state index contributed by atoms with van der Waals surface area (Å²) in [6.45, 7) is -0.209. The molecule has 0 spiro atoms. The van der Waals surface area contributed by atoms with E-state index in [1.54, 1.807) is 0 Å². The number of rotatable bonds is 2. The van der Waals surface area contributed by atoms with E-state index in [1.165, 1.54) is 0 Å². The van der Waals surface area contributed by atoms with E-state index in [0.29, 0.717) is 5.92 Å². The molecule has 0 radical (unpaired) electrons. The second kappa shape index (κ2) is 3.99. The van der Waals surface area contributed by atoms with Crippen molar-refractivity contribution in [3.05, 3.63) is 29.8 Å². The minimum atomic E-state index is -0.209. The molecule has 2 atom stereocenters. The van der Waals surface area contributed by atoms with E-state index >= 15 is 0 Å². The number of anilines is 1. The number of para-hydroxylation sites is 1. The Kier molecular flexibility index (Phi) is 2.71. The molecule has 14 heavy (non-hydrogen) atoms. The van der Waals surface area contributed by atoms with E-state index in [0.717, 1.165) is 30.5 Å². The molecule has 2 rings (SSSR count). The van der Waals surface area contributed by atoms with E-state index < -0.39 is 0 Å². The first-order chi connectivity index (χ1) is 6.83. The molecule has 1 aromatic carbocycles. The molecule has 1 fully saturated rings. The Morgan fingerprint density at radius 3 is 2.79 bits per heavy atom. The van der Waals surface area contributed by atoms with Gasteiger partial charge in [0.1, 0.15) is 0 Å². The molecule has 0 bridgehead atoms. The van der Waals surface area contributed by atoms with Gasteiger partial charge in [0.05, 0.1) is 6.67 Å². The highest BCUT2D eigenvalue weighted by atomic mass is 19.1. The Hall–Kier alpha value is -1.05. The largest absolute Gasteiger partial charge is 0.398 e. The van der Waals surface area contributed by atoms with Crippen molar-refractivity contribution in [2.75, 3.05) is 12.4 Å². The standard InChI is InChI=1S/C12H16FN/c13-8-9-4-3-6-10(9)11-5-1-2-7-12(11)14/h1-2,5,7,9-10H,3-4,6,8,14H2. The zero-order valence-electron chi connectivity index (χ0n) is 8.25. The van der Waals surface area contributed by atoms with Crippen LogP contribution in [0.4, 0.5) is 10.1 Å². The predicted molar refractivity (Wildman–Crippen MR) is 56.9 cm³/mol. The molecule has 76 valence electrons. The van der Waals surface area contributed by atoms with Crippen LogP contribution >= 0.6 is 0 Å². The summed E-state index contributed by atoms with van der Waals surface area (Å²) >= 11 is 0. The van der Waals surface area contributed by atoms with Gasteiger partial charge in [0.2, 0.25) is 0 Å². The highest BCUT2D eigenvalue weighted by Gasteiger charge is 2.29. The van der Waals surface area contributed by atoms with E-state index in [-0.39, 0.29) is 12.6 Å². The van der Waals surface area contributed by atoms with Crippen LogP contribution in [0, 0.1) is 5.92 Å². The molecule has 1 nitrogen and oxygen atoms in total. The van der Waals surface area contributed by atoms with Gasteiger partial charge in [0.25, 0.3) is 0 Å². The average Bonchev–Trinajstić information content (AvgIpc) is 2.66. The van der Waals surface area contributed by atoms with Crippen LogP contribution in [0.25, 0.3) is 0 Å². The molecule has 0 saturated heterocycles. The molecule has 2 N–H and O–H groups in total. The highest BCUT2D eigenvalue weighted by molar-refractivity contribution is 5.48. The van der Waals surface area contributed by atoms with Gasteiger partial charge in [-0.2, -0.15) is 0 Å². The van der Waals surface area contributed by atoms with Gasteiger partial charge in [-0.3, -0.25) is 4.39 Å². The third-order valence-electron chi connectivity index (χ3n) is 3.25. The maximum Gasteiger partial charge on any atom is 0.0928 e. The van der Waals surface area contributed by atoms with Gasteiger partial charge in [0, 0.05) is 5.69 Å². The van der Waals surface area contributed by atoms with Gasteiger partial charge >= 0.3 is 0 Å². The summed E-state index contributed by atoms with van der Waals surface area (Å²) in [5, 5.41) is 0. The summed E-state index contributed by atoms with van der Waals surface area (Å²) in [5.74, 6) is 0.542. The van der Waals surface area contributed by atoms with Crippen LogP contribution in [0.3, 0.4) is 0 Å². The molecule has 0 aliphatic heterocycles. The van der Waals surface area contributed by atoms with E-state index in [4.69, 9.17) is 5.73 Å². The lowest BCUT2D eigenvalue weighted by atomic mass is 9.89. The van der Waals surface area contributed by atoms with Crippen molar-refractivity contribution >= 4 is 5.69 Å². The Labute approximate surface area is 84.1 Å². The number of nitrogens with two attached hydrogens (primary N) is 1. The fraction of sp³-hybridized carbons (Fsp3) is 0.500. The molecular weight excluding hydrogens is 177 g/mol. The molecule has 0 amide bonds. The molecule has 1 saturated carbocycles. The third-order valence-corrected chi connectivity index (χ3v) is 3.25. The van der Waals surface area contributed by atoms with Crippen LogP contribution in [-0.2, 0) is 0 Å². The number of hydrogen-bond donors (Lipinski definition) is 1. The maximum atomic E-state index is 12.7. The molecule has 1 aromatic rings. The second-order valence-corrected chi connectivity index (χ2v) is 4.08. The lowest BCUT2D eigenvalue weighted by molar-refractivity contribution is 0.342. The fourth-order valence-electron chi connectivity index (χ4n) is 2.48. The molecule has 2 unspecified atom stereocenters. The van der Waals surface area contributed by atoms with E-state index in [1.807, 2.05) is 24.3 Å². The van der Waals surface area contributed by atoms with Crippen LogP contribution < -0.4 is 5.73 Å². The zero-order chi connectivity index (χ0) is 9.97. The minimum absolute atomic E-state index is 0.194. The number of hydrogen-bond acceptors (Lipinski definition) is 1. The summed E-state index contributed by atoms with van der Waals surface area (Å²) < 4.78 is 12.7. The van der Waals surface area contributed by atoms with Gasteiger partial charge in [-0.25, -0.2) is 0 Å². The van der Waals surface area contributed by atoms with Gasteiger partial charge in [-0.15, -0.1) is 0 Å². The Morgan fingerprint density at radius 2 is 2.07 bits per heavy atom. The SMILES string of the molecule is Nc1ccccc1C1CCCC1CF. The molecule has 1 aliphatic carbocycles. The fourth-order valence-corrected chi connectivity index (χ4v) is 2.48. The van der Waals surface area contributed by atoms with Gasteiger partial charge < -0.3 is 5.73 Å². The predicted octanol–water partition coefficient (Wildman–Crippen LogP) is 3.12. The molecule has 1 aliphatic rings. The number of nitrogen functional groups attached to an aromatic ring is 1. The molecule has 0 aromatic heterocycles. The molecule has 2 heteroatoms. The second-order valence-electron chi connectivity index (χ2n) is 4.08. The van der Waals surface area contributed by atoms with Gasteiger partial charge in [-0.05, 0) is 36.3 Å². The van der Waals surface area contributed by atoms with Crippen molar-refractivity contribution in [3.63, 3.8) is 0 Å². The first-order valence-electron chi connectivity index (χ1n) is 5.23. The van der Waals surface area contributed by atoms with E-state index in [9.17, 15) is 4.39 Å². The zero-order valence-corrected chi connectivity index (χ0v) is 8.25. The summed E-state index contributed by atoms with van der Waals surface area (Å²) in [6.07, 6.45) is 3.23. The quantitative estimate of drug-likeness (QED) is 0.717. The average molecular weight is 193 g/mol. The summed E-state index contributed by atoms with van der Waals surface area (Å²) in [7, 11) is 0. The maximum absolute atomic E-state index is 12.7. The van der Waals surface area contributed by atoms with Crippen molar-refractivity contribution < 1.29 is 4.39 Å². The number of benzene rings is 1. The smallest absolute Gasteiger partial charge is 0.0928 e. The Balaban J connectivity index is 2.26.